The van der Waals surface area contributed by atoms with Crippen LogP contribution in [0.2, 0.25) is 0 Å². The van der Waals surface area contributed by atoms with Crippen LogP contribution >= 0.6 is 0 Å². The number of imide groups is 1. The maximum Gasteiger partial charge on any atom is 0.244 e. The topological polar surface area (TPSA) is 144 Å². The summed E-state index contributed by atoms with van der Waals surface area (Å²) < 4.78 is 5.27. The van der Waals surface area contributed by atoms with Crippen molar-refractivity contribution < 1.29 is 39.8 Å². The molecule has 4 N–H and O–H groups in total. The fraction of sp³-hybridized carbons (Fsp3) is 0.286. The number of anilines is 1. The number of phenolic OH excluding ortho intramolecular Hbond substituents is 2. The molecule has 0 radical (unpaired) electrons. The molecular weight excluding hydrogens is 392 g/mol. The number of carbonyl (C=O) groups excluding carboxylic acids is 3. The highest BCUT2D eigenvalue weighted by atomic mass is 16.5. The number of benzene rings is 2. The van der Waals surface area contributed by atoms with Crippen LogP contribution in [0, 0.1) is 11.8 Å². The van der Waals surface area contributed by atoms with Gasteiger partial charge in [-0.05, 0) is 31.2 Å². The van der Waals surface area contributed by atoms with Gasteiger partial charge in [0.05, 0.1) is 18.4 Å². The van der Waals surface area contributed by atoms with Crippen LogP contribution in [-0.2, 0) is 14.4 Å². The molecule has 0 unspecified atom stereocenters. The second-order valence-electron chi connectivity index (χ2n) is 7.69. The molecule has 2 fully saturated rings. The van der Waals surface area contributed by atoms with Gasteiger partial charge < -0.3 is 30.2 Å². The Morgan fingerprint density at radius 2 is 1.87 bits per heavy atom. The average molecular weight is 412 g/mol. The van der Waals surface area contributed by atoms with E-state index in [2.05, 4.69) is 0 Å². The molecule has 30 heavy (non-hydrogen) atoms. The fourth-order valence-electron chi connectivity index (χ4n) is 4.61. The van der Waals surface area contributed by atoms with Gasteiger partial charge in [0, 0.05) is 6.07 Å². The van der Waals surface area contributed by atoms with Crippen LogP contribution < -0.4 is 20.1 Å². The van der Waals surface area contributed by atoms with Gasteiger partial charge in [-0.2, -0.15) is 0 Å². The number of hydrogen-bond donors (Lipinski definition) is 3. The number of nitrogens with two attached hydrogens (primary N) is 1. The van der Waals surface area contributed by atoms with Gasteiger partial charge in [0.1, 0.15) is 46.6 Å². The molecule has 4 rings (SSSR count). The minimum Gasteiger partial charge on any atom is -0.544 e. The summed E-state index contributed by atoms with van der Waals surface area (Å²) in [4.78, 5) is 39.8. The number of methoxy groups -OCH3 is 1. The lowest BCUT2D eigenvalue weighted by atomic mass is 9.80. The lowest BCUT2D eigenvalue weighted by Crippen LogP contribution is -2.98. The van der Waals surface area contributed by atoms with Gasteiger partial charge in [-0.25, -0.2) is 4.90 Å². The summed E-state index contributed by atoms with van der Waals surface area (Å²) in [7, 11) is 1.40. The van der Waals surface area contributed by atoms with Crippen LogP contribution in [0.3, 0.4) is 0 Å². The number of aliphatic carboxylic acids is 1. The van der Waals surface area contributed by atoms with E-state index in [1.807, 2.05) is 0 Å². The van der Waals surface area contributed by atoms with E-state index in [4.69, 9.17) is 4.74 Å². The van der Waals surface area contributed by atoms with Crippen LogP contribution in [0.5, 0.6) is 17.2 Å². The number of carboxylic acid groups (broad SMARTS) is 1. The molecule has 2 aromatic carbocycles. The molecular formula is C21H20N2O7. The second kappa shape index (κ2) is 6.74. The van der Waals surface area contributed by atoms with Crippen molar-refractivity contribution in [2.75, 3.05) is 12.0 Å². The molecule has 2 heterocycles. The van der Waals surface area contributed by atoms with Gasteiger partial charge in [-0.15, -0.1) is 0 Å². The molecule has 2 aliphatic rings. The van der Waals surface area contributed by atoms with Gasteiger partial charge in [-0.1, -0.05) is 12.1 Å². The molecule has 0 saturated carbocycles. The average Bonchev–Trinajstić information content (AvgIpc) is 3.16. The maximum atomic E-state index is 13.4. The summed E-state index contributed by atoms with van der Waals surface area (Å²) in [5.41, 5.74) is -1.27. The summed E-state index contributed by atoms with van der Waals surface area (Å²) >= 11 is 0. The highest BCUT2D eigenvalue weighted by Gasteiger charge is 2.68. The van der Waals surface area contributed by atoms with E-state index >= 15 is 0 Å². The van der Waals surface area contributed by atoms with E-state index in [1.54, 1.807) is 24.3 Å². The molecule has 2 aromatic rings. The molecule has 0 aliphatic carbocycles. The highest BCUT2D eigenvalue weighted by Crippen LogP contribution is 2.48. The number of ether oxygens (including phenoxy) is 1. The predicted molar refractivity (Wildman–Crippen MR) is 100 cm³/mol. The van der Waals surface area contributed by atoms with E-state index in [9.17, 15) is 29.7 Å². The van der Waals surface area contributed by atoms with E-state index in [-0.39, 0.29) is 22.7 Å². The third kappa shape index (κ3) is 2.62. The first kappa shape index (κ1) is 19.7. The summed E-state index contributed by atoms with van der Waals surface area (Å²) in [6.45, 7) is 1.34. The number of quaternary nitrogens is 1. The number of hydrogen-bond acceptors (Lipinski definition) is 7. The van der Waals surface area contributed by atoms with E-state index in [0.717, 1.165) is 11.0 Å². The van der Waals surface area contributed by atoms with Crippen LogP contribution in [0.15, 0.2) is 42.5 Å². The third-order valence-electron chi connectivity index (χ3n) is 6.05. The molecule has 4 atom stereocenters. The van der Waals surface area contributed by atoms with Crippen LogP contribution in [0.1, 0.15) is 18.5 Å². The minimum absolute atomic E-state index is 0.182. The Morgan fingerprint density at radius 3 is 2.50 bits per heavy atom. The van der Waals surface area contributed by atoms with Crippen molar-refractivity contribution in [2.24, 2.45) is 11.8 Å². The lowest BCUT2D eigenvalue weighted by Gasteiger charge is -2.29. The molecule has 2 amide bonds. The van der Waals surface area contributed by atoms with Crippen LogP contribution in [0.4, 0.5) is 5.69 Å². The smallest absolute Gasteiger partial charge is 0.244 e. The monoisotopic (exact) mass is 412 g/mol. The van der Waals surface area contributed by atoms with Gasteiger partial charge in [0.2, 0.25) is 11.8 Å². The Hall–Kier alpha value is -3.59. The van der Waals surface area contributed by atoms with Crippen LogP contribution in [-0.4, -0.2) is 40.6 Å². The normalized spacial score (nSPS) is 27.9. The Balaban J connectivity index is 1.86. The zero-order valence-electron chi connectivity index (χ0n) is 16.2. The first-order valence-corrected chi connectivity index (χ1v) is 9.31. The molecule has 0 aromatic heterocycles. The fourth-order valence-corrected chi connectivity index (χ4v) is 4.61. The standard InChI is InChI=1S/C21H20N2O7/c1-21(20(28)29)16-15(17(22-21)11-8-7-10(24)9-13(11)25)18(26)23(19(16)27)12-5-3-4-6-14(12)30-2/h3-9,15-17,22,24-25H,1-2H3,(H,28,29)/t15-,16+,17-,21+/m0/s1. The maximum absolute atomic E-state index is 13.4. The number of phenols is 2. The van der Waals surface area contributed by atoms with Gasteiger partial charge in [0.15, 0.2) is 0 Å². The largest absolute Gasteiger partial charge is 0.544 e. The summed E-state index contributed by atoms with van der Waals surface area (Å²) in [6.07, 6.45) is 0. The number of carboxylic acids is 1. The van der Waals surface area contributed by atoms with Crippen molar-refractivity contribution in [1.82, 2.24) is 0 Å². The first-order valence-electron chi connectivity index (χ1n) is 9.31. The van der Waals surface area contributed by atoms with Crippen molar-refractivity contribution in [3.63, 3.8) is 0 Å². The molecule has 156 valence electrons. The molecule has 9 heteroatoms. The third-order valence-corrected chi connectivity index (χ3v) is 6.05. The van der Waals surface area contributed by atoms with Gasteiger partial charge in [0.25, 0.3) is 0 Å². The molecule has 2 saturated heterocycles. The van der Waals surface area contributed by atoms with Crippen molar-refractivity contribution >= 4 is 23.5 Å². The number of nitrogens with zero attached hydrogens (tertiary/aromatic N) is 1. The van der Waals surface area contributed by atoms with E-state index in [1.165, 1.54) is 31.5 Å². The van der Waals surface area contributed by atoms with E-state index in [0.29, 0.717) is 5.75 Å². The number of amides is 2. The van der Waals surface area contributed by atoms with Crippen molar-refractivity contribution in [1.29, 1.82) is 0 Å². The zero-order valence-corrected chi connectivity index (χ0v) is 16.2. The summed E-state index contributed by atoms with van der Waals surface area (Å²) in [6, 6.07) is 9.44. The Bertz CT molecular complexity index is 1070. The summed E-state index contributed by atoms with van der Waals surface area (Å²) in [5, 5.41) is 33.3. The quantitative estimate of drug-likeness (QED) is 0.549. The minimum atomic E-state index is -1.73. The van der Waals surface area contributed by atoms with E-state index < -0.39 is 41.2 Å². The Labute approximate surface area is 171 Å². The molecule has 0 spiro atoms. The zero-order chi connectivity index (χ0) is 21.8. The Kier molecular flexibility index (Phi) is 4.43. The van der Waals surface area contributed by atoms with Gasteiger partial charge >= 0.3 is 0 Å². The predicted octanol–water partition coefficient (Wildman–Crippen LogP) is -0.961. The summed E-state index contributed by atoms with van der Waals surface area (Å²) in [5.74, 6) is -5.19. The Morgan fingerprint density at radius 1 is 1.17 bits per heavy atom. The first-order chi connectivity index (χ1) is 14.2. The lowest BCUT2D eigenvalue weighted by molar-refractivity contribution is -0.735. The number of para-hydroxylation sites is 2. The number of fused-ring (bicyclic) bond motifs is 1. The molecule has 0 bridgehead atoms. The van der Waals surface area contributed by atoms with Crippen LogP contribution in [0.25, 0.3) is 0 Å². The van der Waals surface area contributed by atoms with Gasteiger partial charge in [-0.3, -0.25) is 9.59 Å². The number of rotatable bonds is 4. The second-order valence-corrected chi connectivity index (χ2v) is 7.69. The highest BCUT2D eigenvalue weighted by molar-refractivity contribution is 6.24. The molecule has 9 nitrogen and oxygen atoms in total. The van der Waals surface area contributed by atoms with Crippen molar-refractivity contribution in [3.8, 4) is 17.2 Å². The van der Waals surface area contributed by atoms with Crippen molar-refractivity contribution in [3.05, 3.63) is 48.0 Å². The molecule has 2 aliphatic heterocycles. The number of carbonyl (C=O) groups is 3. The van der Waals surface area contributed by atoms with Crippen molar-refractivity contribution in [2.45, 2.75) is 18.5 Å². The SMILES string of the molecule is COc1ccccc1N1C(=O)[C@@H]2[C@H](c3ccc(O)cc3O)[NH2+][C@@](C)(C(=O)[O-])[C@H]2C1=O. The number of aromatic hydroxyl groups is 2.